The van der Waals surface area contributed by atoms with Crippen LogP contribution >= 0.6 is 11.3 Å². The molecule has 0 aromatic carbocycles. The van der Waals surface area contributed by atoms with Crippen LogP contribution in [0.1, 0.15) is 56.7 Å². The number of hydrogen-bond donors (Lipinski definition) is 1. The summed E-state index contributed by atoms with van der Waals surface area (Å²) in [5, 5.41) is 8.05. The third kappa shape index (κ3) is 2.56. The van der Waals surface area contributed by atoms with Crippen LogP contribution in [0.3, 0.4) is 0 Å². The van der Waals surface area contributed by atoms with Gasteiger partial charge < -0.3 is 9.84 Å². The van der Waals surface area contributed by atoms with E-state index in [1.807, 2.05) is 0 Å². The van der Waals surface area contributed by atoms with E-state index in [1.54, 1.807) is 11.3 Å². The van der Waals surface area contributed by atoms with Gasteiger partial charge in [0.2, 0.25) is 0 Å². The molecule has 0 fully saturated rings. The molecule has 2 aliphatic carbocycles. The van der Waals surface area contributed by atoms with Crippen LogP contribution in [0.2, 0.25) is 0 Å². The monoisotopic (exact) mass is 317 g/mol. The fourth-order valence-electron chi connectivity index (χ4n) is 3.28. The van der Waals surface area contributed by atoms with Crippen molar-refractivity contribution >= 4 is 17.2 Å². The minimum atomic E-state index is -0.115. The standard InChI is InChI=1S/C16H19N3O2S/c20-16(15-10-4-1-2-6-12(10)21-19-15)17-9-8-14-18-11-5-3-7-13(11)22-14/h1-9H2,(H,17,20). The van der Waals surface area contributed by atoms with Gasteiger partial charge in [-0.3, -0.25) is 4.79 Å². The number of thiazole rings is 1. The lowest BCUT2D eigenvalue weighted by atomic mass is 9.96. The number of rotatable bonds is 4. The second-order valence-corrected chi connectivity index (χ2v) is 7.15. The van der Waals surface area contributed by atoms with E-state index in [4.69, 9.17) is 4.52 Å². The third-order valence-electron chi connectivity index (χ3n) is 4.43. The van der Waals surface area contributed by atoms with Crippen LogP contribution in [0.15, 0.2) is 4.52 Å². The fraction of sp³-hybridized carbons (Fsp3) is 0.562. The number of carbonyl (C=O) groups excluding carboxylic acids is 1. The lowest BCUT2D eigenvalue weighted by molar-refractivity contribution is 0.0944. The Morgan fingerprint density at radius 1 is 1.18 bits per heavy atom. The number of nitrogens with one attached hydrogen (secondary N) is 1. The molecule has 5 nitrogen and oxygen atoms in total. The number of aryl methyl sites for hydroxylation is 3. The molecule has 22 heavy (non-hydrogen) atoms. The maximum atomic E-state index is 12.3. The van der Waals surface area contributed by atoms with Gasteiger partial charge in [-0.05, 0) is 38.5 Å². The van der Waals surface area contributed by atoms with Crippen molar-refractivity contribution in [3.63, 3.8) is 0 Å². The quantitative estimate of drug-likeness (QED) is 0.940. The van der Waals surface area contributed by atoms with Gasteiger partial charge in [-0.1, -0.05) is 5.16 Å². The Morgan fingerprint density at radius 3 is 3.00 bits per heavy atom. The highest BCUT2D eigenvalue weighted by atomic mass is 32.1. The van der Waals surface area contributed by atoms with E-state index in [9.17, 15) is 4.79 Å². The highest BCUT2D eigenvalue weighted by Crippen LogP contribution is 2.27. The van der Waals surface area contributed by atoms with Gasteiger partial charge in [0.1, 0.15) is 5.76 Å². The van der Waals surface area contributed by atoms with Gasteiger partial charge in [-0.25, -0.2) is 4.98 Å². The average molecular weight is 317 g/mol. The second-order valence-electron chi connectivity index (χ2n) is 5.98. The Labute approximate surface area is 133 Å². The van der Waals surface area contributed by atoms with Crippen LogP contribution in [-0.2, 0) is 32.1 Å². The van der Waals surface area contributed by atoms with Crippen molar-refractivity contribution in [3.05, 3.63) is 32.6 Å². The SMILES string of the molecule is O=C(NCCc1nc2c(s1)CCC2)c1noc2c1CCCC2. The second kappa shape index (κ2) is 5.83. The van der Waals surface area contributed by atoms with Crippen molar-refractivity contribution in [2.45, 2.75) is 51.4 Å². The summed E-state index contributed by atoms with van der Waals surface area (Å²) < 4.78 is 5.29. The Bertz CT molecular complexity index is 683. The van der Waals surface area contributed by atoms with Gasteiger partial charge in [0, 0.05) is 29.8 Å². The molecule has 2 heterocycles. The van der Waals surface area contributed by atoms with Gasteiger partial charge in [-0.2, -0.15) is 0 Å². The molecule has 2 aromatic heterocycles. The first kappa shape index (κ1) is 13.9. The molecule has 0 atom stereocenters. The van der Waals surface area contributed by atoms with Crippen LogP contribution < -0.4 is 5.32 Å². The maximum absolute atomic E-state index is 12.3. The predicted molar refractivity (Wildman–Crippen MR) is 83.3 cm³/mol. The lowest BCUT2D eigenvalue weighted by Gasteiger charge is -2.09. The van der Waals surface area contributed by atoms with E-state index in [0.29, 0.717) is 12.2 Å². The maximum Gasteiger partial charge on any atom is 0.273 e. The zero-order valence-corrected chi connectivity index (χ0v) is 13.3. The van der Waals surface area contributed by atoms with E-state index in [2.05, 4.69) is 15.5 Å². The number of amides is 1. The number of fused-ring (bicyclic) bond motifs is 2. The summed E-state index contributed by atoms with van der Waals surface area (Å²) in [6.45, 7) is 0.604. The summed E-state index contributed by atoms with van der Waals surface area (Å²) in [5.74, 6) is 0.781. The molecule has 0 aliphatic heterocycles. The molecule has 0 unspecified atom stereocenters. The third-order valence-corrected chi connectivity index (χ3v) is 5.65. The normalized spacial score (nSPS) is 16.4. The molecule has 0 spiro atoms. The molecular formula is C16H19N3O2S. The molecule has 116 valence electrons. The average Bonchev–Trinajstić information content (AvgIpc) is 3.20. The van der Waals surface area contributed by atoms with Crippen molar-refractivity contribution in [3.8, 4) is 0 Å². The van der Waals surface area contributed by atoms with E-state index < -0.39 is 0 Å². The Hall–Kier alpha value is -1.69. The summed E-state index contributed by atoms with van der Waals surface area (Å²) in [6, 6.07) is 0. The Morgan fingerprint density at radius 2 is 2.09 bits per heavy atom. The van der Waals surface area contributed by atoms with E-state index in [1.165, 1.54) is 23.4 Å². The summed E-state index contributed by atoms with van der Waals surface area (Å²) in [6.07, 6.45) is 8.36. The summed E-state index contributed by atoms with van der Waals surface area (Å²) >= 11 is 1.80. The van der Waals surface area contributed by atoms with Crippen molar-refractivity contribution in [2.75, 3.05) is 6.54 Å². The van der Waals surface area contributed by atoms with Gasteiger partial charge >= 0.3 is 0 Å². The molecule has 1 N–H and O–H groups in total. The Kier molecular flexibility index (Phi) is 3.70. The predicted octanol–water partition coefficient (Wildman–Crippen LogP) is 2.47. The van der Waals surface area contributed by atoms with Crippen LogP contribution in [0.4, 0.5) is 0 Å². The fourth-order valence-corrected chi connectivity index (χ4v) is 4.44. The molecule has 6 heteroatoms. The summed E-state index contributed by atoms with van der Waals surface area (Å²) in [5.41, 5.74) is 2.77. The van der Waals surface area contributed by atoms with E-state index >= 15 is 0 Å². The number of hydrogen-bond acceptors (Lipinski definition) is 5. The zero-order chi connectivity index (χ0) is 14.9. The first-order valence-corrected chi connectivity index (χ1v) is 8.86. The topological polar surface area (TPSA) is 68.0 Å². The van der Waals surface area contributed by atoms with Gasteiger partial charge in [0.15, 0.2) is 5.69 Å². The van der Waals surface area contributed by atoms with Crippen LogP contribution in [0, 0.1) is 0 Å². The molecular weight excluding hydrogens is 298 g/mol. The van der Waals surface area contributed by atoms with Crippen molar-refractivity contribution in [1.82, 2.24) is 15.5 Å². The smallest absolute Gasteiger partial charge is 0.273 e. The molecule has 0 saturated carbocycles. The molecule has 4 rings (SSSR count). The minimum absolute atomic E-state index is 0.115. The van der Waals surface area contributed by atoms with Gasteiger partial charge in [0.05, 0.1) is 10.7 Å². The van der Waals surface area contributed by atoms with Crippen molar-refractivity contribution in [1.29, 1.82) is 0 Å². The summed E-state index contributed by atoms with van der Waals surface area (Å²) in [7, 11) is 0. The van der Waals surface area contributed by atoms with Crippen molar-refractivity contribution < 1.29 is 9.32 Å². The first-order valence-electron chi connectivity index (χ1n) is 8.04. The summed E-state index contributed by atoms with van der Waals surface area (Å²) in [4.78, 5) is 18.3. The van der Waals surface area contributed by atoms with E-state index in [0.717, 1.165) is 54.9 Å². The van der Waals surface area contributed by atoms with Crippen LogP contribution in [0.5, 0.6) is 0 Å². The minimum Gasteiger partial charge on any atom is -0.360 e. The number of carbonyl (C=O) groups is 1. The first-order chi connectivity index (χ1) is 10.8. The highest BCUT2D eigenvalue weighted by Gasteiger charge is 2.23. The molecule has 0 radical (unpaired) electrons. The molecule has 2 aliphatic rings. The number of aromatic nitrogens is 2. The highest BCUT2D eigenvalue weighted by molar-refractivity contribution is 7.11. The molecule has 0 bridgehead atoms. The van der Waals surface area contributed by atoms with Gasteiger partial charge in [-0.15, -0.1) is 11.3 Å². The van der Waals surface area contributed by atoms with Crippen LogP contribution in [0.25, 0.3) is 0 Å². The van der Waals surface area contributed by atoms with Crippen molar-refractivity contribution in [2.24, 2.45) is 0 Å². The van der Waals surface area contributed by atoms with Gasteiger partial charge in [0.25, 0.3) is 5.91 Å². The zero-order valence-electron chi connectivity index (χ0n) is 12.5. The molecule has 1 amide bonds. The lowest BCUT2D eigenvalue weighted by Crippen LogP contribution is -2.27. The largest absolute Gasteiger partial charge is 0.360 e. The van der Waals surface area contributed by atoms with E-state index in [-0.39, 0.29) is 5.91 Å². The van der Waals surface area contributed by atoms with Crippen LogP contribution in [-0.4, -0.2) is 22.6 Å². The Balaban J connectivity index is 1.35. The molecule has 2 aromatic rings. The number of nitrogens with zero attached hydrogens (tertiary/aromatic N) is 2. The molecule has 0 saturated heterocycles.